The van der Waals surface area contributed by atoms with E-state index >= 15 is 0 Å². The molecule has 0 saturated heterocycles. The average Bonchev–Trinajstić information content (AvgIpc) is 3.21. The molecule has 3 amide bonds. The molecule has 1 aromatic carbocycles. The summed E-state index contributed by atoms with van der Waals surface area (Å²) in [5, 5.41) is 17.8. The van der Waals surface area contributed by atoms with Crippen molar-refractivity contribution >= 4 is 46.4 Å². The molecule has 0 aliphatic carbocycles. The lowest BCUT2D eigenvalue weighted by atomic mass is 10.0. The summed E-state index contributed by atoms with van der Waals surface area (Å²) in [4.78, 5) is 52.2. The summed E-state index contributed by atoms with van der Waals surface area (Å²) in [5.41, 5.74) is 8.00. The SMILES string of the molecule is CSCCC(NC(=O)CNC(=O)C(CC(C)C)NC(=O)C(N)Cc1c[nH]c2ccccc12)C(=O)O. The number of thioether (sulfide) groups is 1. The van der Waals surface area contributed by atoms with Crippen molar-refractivity contribution in [3.8, 4) is 0 Å². The maximum absolute atomic E-state index is 12.8. The lowest BCUT2D eigenvalue weighted by molar-refractivity contribution is -0.141. The van der Waals surface area contributed by atoms with Crippen LogP contribution in [0.4, 0.5) is 0 Å². The highest BCUT2D eigenvalue weighted by molar-refractivity contribution is 7.98. The Balaban J connectivity index is 1.94. The maximum Gasteiger partial charge on any atom is 0.326 e. The second kappa shape index (κ2) is 13.7. The molecule has 192 valence electrons. The quantitative estimate of drug-likeness (QED) is 0.223. The molecule has 2 aromatic rings. The Morgan fingerprint density at radius 1 is 1.09 bits per heavy atom. The third-order valence-electron chi connectivity index (χ3n) is 5.46. The number of carboxylic acids is 1. The normalized spacial score (nSPS) is 13.7. The van der Waals surface area contributed by atoms with Gasteiger partial charge in [-0.2, -0.15) is 11.8 Å². The lowest BCUT2D eigenvalue weighted by Crippen LogP contribution is -2.54. The summed E-state index contributed by atoms with van der Waals surface area (Å²) in [5.74, 6) is -2.08. The van der Waals surface area contributed by atoms with Crippen LogP contribution in [0.5, 0.6) is 0 Å². The van der Waals surface area contributed by atoms with Crippen LogP contribution in [0.1, 0.15) is 32.3 Å². The van der Waals surface area contributed by atoms with Gasteiger partial charge in [0.1, 0.15) is 12.1 Å². The van der Waals surface area contributed by atoms with Crippen molar-refractivity contribution in [2.75, 3.05) is 18.6 Å². The van der Waals surface area contributed by atoms with Crippen molar-refractivity contribution in [2.24, 2.45) is 11.7 Å². The molecular formula is C24H35N5O5S. The van der Waals surface area contributed by atoms with E-state index in [1.54, 1.807) is 0 Å². The Morgan fingerprint density at radius 2 is 1.80 bits per heavy atom. The van der Waals surface area contributed by atoms with Crippen LogP contribution in [-0.4, -0.2) is 70.5 Å². The number of nitrogens with one attached hydrogen (secondary N) is 4. The average molecular weight is 506 g/mol. The molecule has 1 heterocycles. The number of carboxylic acid groups (broad SMARTS) is 1. The van der Waals surface area contributed by atoms with Crippen molar-refractivity contribution < 1.29 is 24.3 Å². The van der Waals surface area contributed by atoms with Crippen LogP contribution in [0, 0.1) is 5.92 Å². The second-order valence-corrected chi connectivity index (χ2v) is 9.80. The molecule has 0 bridgehead atoms. The second-order valence-electron chi connectivity index (χ2n) is 8.82. The van der Waals surface area contributed by atoms with E-state index in [4.69, 9.17) is 5.73 Å². The number of hydrogen-bond donors (Lipinski definition) is 6. The highest BCUT2D eigenvalue weighted by atomic mass is 32.2. The van der Waals surface area contributed by atoms with E-state index in [1.165, 1.54) is 11.8 Å². The van der Waals surface area contributed by atoms with E-state index in [1.807, 2.05) is 50.6 Å². The first kappa shape index (κ1) is 28.2. The van der Waals surface area contributed by atoms with Gasteiger partial charge in [-0.3, -0.25) is 14.4 Å². The van der Waals surface area contributed by atoms with Crippen LogP contribution in [-0.2, 0) is 25.6 Å². The standard InChI is InChI=1S/C24H35N5O5S/c1-14(2)10-20(23(32)27-13-21(30)28-19(24(33)34)8-9-35-3)29-22(31)17(25)11-15-12-26-18-7-5-4-6-16(15)18/h4-7,12,14,17,19-20,26H,8-11,13,25H2,1-3H3,(H,27,32)(H,28,30)(H,29,31)(H,33,34). The molecule has 0 saturated carbocycles. The predicted molar refractivity (Wildman–Crippen MR) is 137 cm³/mol. The Bertz CT molecular complexity index is 1020. The van der Waals surface area contributed by atoms with Gasteiger partial charge in [-0.1, -0.05) is 32.0 Å². The highest BCUT2D eigenvalue weighted by Gasteiger charge is 2.26. The summed E-state index contributed by atoms with van der Waals surface area (Å²) in [7, 11) is 0. The number of carbonyl (C=O) groups excluding carboxylic acids is 3. The van der Waals surface area contributed by atoms with Crippen LogP contribution in [0.2, 0.25) is 0 Å². The number of para-hydroxylation sites is 1. The molecular weight excluding hydrogens is 470 g/mol. The number of rotatable bonds is 14. The first-order valence-electron chi connectivity index (χ1n) is 11.5. The monoisotopic (exact) mass is 505 g/mol. The van der Waals surface area contributed by atoms with Crippen molar-refractivity contribution in [2.45, 2.75) is 51.2 Å². The molecule has 10 nitrogen and oxygen atoms in total. The summed E-state index contributed by atoms with van der Waals surface area (Å²) in [6.45, 7) is 3.43. The van der Waals surface area contributed by atoms with Gasteiger partial charge >= 0.3 is 5.97 Å². The van der Waals surface area contributed by atoms with Crippen LogP contribution >= 0.6 is 11.8 Å². The zero-order valence-corrected chi connectivity index (χ0v) is 21.1. The molecule has 0 radical (unpaired) electrons. The number of aromatic amines is 1. The van der Waals surface area contributed by atoms with Crippen LogP contribution < -0.4 is 21.7 Å². The van der Waals surface area contributed by atoms with E-state index in [-0.39, 0.29) is 12.3 Å². The zero-order valence-electron chi connectivity index (χ0n) is 20.3. The Labute approximate surface area is 209 Å². The Morgan fingerprint density at radius 3 is 2.46 bits per heavy atom. The van der Waals surface area contributed by atoms with Crippen molar-refractivity contribution in [3.05, 3.63) is 36.0 Å². The van der Waals surface area contributed by atoms with E-state index in [0.717, 1.165) is 16.5 Å². The van der Waals surface area contributed by atoms with Gasteiger partial charge in [0.05, 0.1) is 12.6 Å². The molecule has 2 rings (SSSR count). The van der Waals surface area contributed by atoms with E-state index in [0.29, 0.717) is 18.6 Å². The van der Waals surface area contributed by atoms with Gasteiger partial charge in [0.15, 0.2) is 0 Å². The van der Waals surface area contributed by atoms with Gasteiger partial charge < -0.3 is 31.8 Å². The van der Waals surface area contributed by atoms with E-state index in [9.17, 15) is 24.3 Å². The van der Waals surface area contributed by atoms with Gasteiger partial charge in [0.2, 0.25) is 17.7 Å². The number of benzene rings is 1. The molecule has 3 unspecified atom stereocenters. The number of nitrogens with two attached hydrogens (primary N) is 1. The van der Waals surface area contributed by atoms with Crippen LogP contribution in [0.3, 0.4) is 0 Å². The van der Waals surface area contributed by atoms with Crippen molar-refractivity contribution in [1.82, 2.24) is 20.9 Å². The fourth-order valence-corrected chi connectivity index (χ4v) is 4.11. The van der Waals surface area contributed by atoms with Gasteiger partial charge in [0, 0.05) is 17.1 Å². The third kappa shape index (κ3) is 8.91. The minimum absolute atomic E-state index is 0.0904. The summed E-state index contributed by atoms with van der Waals surface area (Å²) >= 11 is 1.47. The zero-order chi connectivity index (χ0) is 26.0. The van der Waals surface area contributed by atoms with E-state index < -0.39 is 48.4 Å². The predicted octanol–water partition coefficient (Wildman–Crippen LogP) is 1.01. The number of fused-ring (bicyclic) bond motifs is 1. The van der Waals surface area contributed by atoms with Crippen molar-refractivity contribution in [3.63, 3.8) is 0 Å². The van der Waals surface area contributed by atoms with Gasteiger partial charge in [-0.15, -0.1) is 0 Å². The van der Waals surface area contributed by atoms with Crippen LogP contribution in [0.15, 0.2) is 30.5 Å². The molecule has 1 aromatic heterocycles. The topological polar surface area (TPSA) is 166 Å². The minimum Gasteiger partial charge on any atom is -0.480 e. The summed E-state index contributed by atoms with van der Waals surface area (Å²) in [6, 6.07) is 4.93. The number of hydrogen-bond acceptors (Lipinski definition) is 6. The maximum atomic E-state index is 12.8. The number of amides is 3. The molecule has 7 N–H and O–H groups in total. The molecule has 0 spiro atoms. The Kier molecular flexibility index (Phi) is 11.1. The highest BCUT2D eigenvalue weighted by Crippen LogP contribution is 2.19. The van der Waals surface area contributed by atoms with Crippen molar-refractivity contribution in [1.29, 1.82) is 0 Å². The van der Waals surface area contributed by atoms with E-state index in [2.05, 4.69) is 20.9 Å². The van der Waals surface area contributed by atoms with Gasteiger partial charge in [0.25, 0.3) is 0 Å². The Hall–Kier alpha value is -3.05. The smallest absolute Gasteiger partial charge is 0.326 e. The first-order valence-corrected chi connectivity index (χ1v) is 12.9. The largest absolute Gasteiger partial charge is 0.480 e. The minimum atomic E-state index is -1.13. The fraction of sp³-hybridized carbons (Fsp3) is 0.500. The molecule has 35 heavy (non-hydrogen) atoms. The third-order valence-corrected chi connectivity index (χ3v) is 6.10. The molecule has 0 fully saturated rings. The molecule has 0 aliphatic rings. The van der Waals surface area contributed by atoms with Gasteiger partial charge in [-0.05, 0) is 48.8 Å². The molecule has 11 heteroatoms. The number of aliphatic carboxylic acids is 1. The summed E-state index contributed by atoms with van der Waals surface area (Å²) < 4.78 is 0. The summed E-state index contributed by atoms with van der Waals surface area (Å²) in [6.07, 6.45) is 4.58. The molecule has 0 aliphatic heterocycles. The molecule has 3 atom stereocenters. The van der Waals surface area contributed by atoms with Crippen LogP contribution in [0.25, 0.3) is 10.9 Å². The fourth-order valence-electron chi connectivity index (χ4n) is 3.64. The lowest BCUT2D eigenvalue weighted by Gasteiger charge is -2.22. The van der Waals surface area contributed by atoms with Gasteiger partial charge in [-0.25, -0.2) is 4.79 Å². The number of H-pyrrole nitrogens is 1. The number of aromatic nitrogens is 1. The number of carbonyl (C=O) groups is 4. The first-order chi connectivity index (χ1) is 16.6.